The van der Waals surface area contributed by atoms with Crippen LogP contribution in [0.15, 0.2) is 48.5 Å². The van der Waals surface area contributed by atoms with Crippen molar-refractivity contribution < 1.29 is 14.0 Å². The molecule has 0 atom stereocenters. The molecule has 0 saturated carbocycles. The predicted octanol–water partition coefficient (Wildman–Crippen LogP) is 4.51. The largest absolute Gasteiger partial charge is 0.368 e. The quantitative estimate of drug-likeness (QED) is 0.610. The molecular formula is C23H24FN5O2S. The minimum atomic E-state index is -0.406. The number of thiazole rings is 1. The average molecular weight is 454 g/mol. The van der Waals surface area contributed by atoms with Crippen molar-refractivity contribution in [1.82, 2.24) is 9.88 Å². The van der Waals surface area contributed by atoms with Crippen LogP contribution in [-0.2, 0) is 0 Å². The van der Waals surface area contributed by atoms with Gasteiger partial charge in [0, 0.05) is 37.6 Å². The van der Waals surface area contributed by atoms with Gasteiger partial charge >= 0.3 is 6.03 Å². The molecule has 3 aromatic rings. The Morgan fingerprint density at radius 2 is 1.72 bits per heavy atom. The van der Waals surface area contributed by atoms with Gasteiger partial charge in [0.2, 0.25) is 0 Å². The van der Waals surface area contributed by atoms with E-state index in [0.29, 0.717) is 47.6 Å². The molecule has 1 aliphatic rings. The second-order valence-corrected chi connectivity index (χ2v) is 8.64. The number of piperazine rings is 1. The topological polar surface area (TPSA) is 77.6 Å². The van der Waals surface area contributed by atoms with E-state index in [1.54, 1.807) is 30.0 Å². The standard InChI is InChI=1S/C23H24FN5O2S/c1-15-4-3-5-18(14-15)26-22(31)27-23-25-16(2)20(32-23)21(30)29-12-10-28(11-13-29)19-8-6-17(24)7-9-19/h3-9,14H,10-13H2,1-2H3,(H2,25,26,27,31). The number of amides is 3. The number of halogens is 1. The summed E-state index contributed by atoms with van der Waals surface area (Å²) in [5, 5.41) is 5.85. The van der Waals surface area contributed by atoms with E-state index in [-0.39, 0.29) is 11.7 Å². The highest BCUT2D eigenvalue weighted by Gasteiger charge is 2.26. The SMILES string of the molecule is Cc1cccc(NC(=O)Nc2nc(C)c(C(=O)N3CCN(c4ccc(F)cc4)CC3)s2)c1. The van der Waals surface area contributed by atoms with Crippen molar-refractivity contribution in [3.8, 4) is 0 Å². The summed E-state index contributed by atoms with van der Waals surface area (Å²) >= 11 is 1.17. The molecule has 2 heterocycles. The van der Waals surface area contributed by atoms with Crippen molar-refractivity contribution in [3.05, 3.63) is 70.5 Å². The summed E-state index contributed by atoms with van der Waals surface area (Å²) < 4.78 is 13.1. The van der Waals surface area contributed by atoms with E-state index in [1.165, 1.54) is 23.5 Å². The highest BCUT2D eigenvalue weighted by Crippen LogP contribution is 2.25. The van der Waals surface area contributed by atoms with Crippen LogP contribution in [0.4, 0.5) is 25.7 Å². The van der Waals surface area contributed by atoms with Crippen LogP contribution in [0.1, 0.15) is 20.9 Å². The molecule has 0 unspecified atom stereocenters. The van der Waals surface area contributed by atoms with Gasteiger partial charge in [0.15, 0.2) is 5.13 Å². The fourth-order valence-electron chi connectivity index (χ4n) is 3.59. The van der Waals surface area contributed by atoms with Gasteiger partial charge in [0.25, 0.3) is 5.91 Å². The van der Waals surface area contributed by atoms with Crippen LogP contribution >= 0.6 is 11.3 Å². The van der Waals surface area contributed by atoms with Crippen molar-refractivity contribution in [2.24, 2.45) is 0 Å². The Hall–Kier alpha value is -3.46. The maximum absolute atomic E-state index is 13.1. The van der Waals surface area contributed by atoms with Gasteiger partial charge in [0.1, 0.15) is 10.7 Å². The van der Waals surface area contributed by atoms with Gasteiger partial charge in [-0.1, -0.05) is 23.5 Å². The smallest absolute Gasteiger partial charge is 0.325 e. The number of nitrogens with one attached hydrogen (secondary N) is 2. The zero-order valence-electron chi connectivity index (χ0n) is 17.9. The highest BCUT2D eigenvalue weighted by atomic mass is 32.1. The molecule has 0 spiro atoms. The third-order valence-electron chi connectivity index (χ3n) is 5.25. The first kappa shape index (κ1) is 21.8. The lowest BCUT2D eigenvalue weighted by molar-refractivity contribution is 0.0750. The van der Waals surface area contributed by atoms with Crippen molar-refractivity contribution in [2.45, 2.75) is 13.8 Å². The summed E-state index contributed by atoms with van der Waals surface area (Å²) in [5.41, 5.74) is 3.26. The van der Waals surface area contributed by atoms with E-state index in [0.717, 1.165) is 11.3 Å². The first-order valence-electron chi connectivity index (χ1n) is 10.3. The Morgan fingerprint density at radius 3 is 2.41 bits per heavy atom. The van der Waals surface area contributed by atoms with Crippen LogP contribution in [0.5, 0.6) is 0 Å². The molecule has 1 aliphatic heterocycles. The minimum Gasteiger partial charge on any atom is -0.368 e. The maximum atomic E-state index is 13.1. The molecule has 0 radical (unpaired) electrons. The molecule has 4 rings (SSSR count). The van der Waals surface area contributed by atoms with Gasteiger partial charge in [-0.15, -0.1) is 0 Å². The van der Waals surface area contributed by atoms with Gasteiger partial charge in [-0.3, -0.25) is 10.1 Å². The van der Waals surface area contributed by atoms with E-state index in [2.05, 4.69) is 20.5 Å². The summed E-state index contributed by atoms with van der Waals surface area (Å²) in [5.74, 6) is -0.355. The molecular weight excluding hydrogens is 429 g/mol. The molecule has 7 nitrogen and oxygen atoms in total. The summed E-state index contributed by atoms with van der Waals surface area (Å²) in [6.45, 7) is 6.17. The maximum Gasteiger partial charge on any atom is 0.325 e. The lowest BCUT2D eigenvalue weighted by Crippen LogP contribution is -2.48. The Bertz CT molecular complexity index is 1120. The molecule has 2 N–H and O–H groups in total. The number of nitrogens with zero attached hydrogens (tertiary/aromatic N) is 3. The summed E-state index contributed by atoms with van der Waals surface area (Å²) in [7, 11) is 0. The van der Waals surface area contributed by atoms with E-state index < -0.39 is 6.03 Å². The van der Waals surface area contributed by atoms with Crippen LogP contribution in [0.3, 0.4) is 0 Å². The van der Waals surface area contributed by atoms with Crippen molar-refractivity contribution >= 4 is 39.8 Å². The Morgan fingerprint density at radius 1 is 1.00 bits per heavy atom. The van der Waals surface area contributed by atoms with Gasteiger partial charge in [-0.25, -0.2) is 14.2 Å². The number of aromatic nitrogens is 1. The number of anilines is 3. The Balaban J connectivity index is 1.35. The third-order valence-corrected chi connectivity index (χ3v) is 6.31. The van der Waals surface area contributed by atoms with E-state index in [1.807, 2.05) is 25.1 Å². The average Bonchev–Trinajstić information content (AvgIpc) is 3.13. The molecule has 166 valence electrons. The van der Waals surface area contributed by atoms with Gasteiger partial charge in [-0.2, -0.15) is 0 Å². The van der Waals surface area contributed by atoms with E-state index in [4.69, 9.17) is 0 Å². The number of hydrogen-bond acceptors (Lipinski definition) is 5. The number of carbonyl (C=O) groups excluding carboxylic acids is 2. The molecule has 1 fully saturated rings. The summed E-state index contributed by atoms with van der Waals surface area (Å²) in [6, 6.07) is 13.5. The number of aryl methyl sites for hydroxylation is 2. The molecule has 0 bridgehead atoms. The fraction of sp³-hybridized carbons (Fsp3) is 0.261. The van der Waals surface area contributed by atoms with E-state index >= 15 is 0 Å². The zero-order valence-corrected chi connectivity index (χ0v) is 18.7. The molecule has 0 aliphatic carbocycles. The second-order valence-electron chi connectivity index (χ2n) is 7.64. The van der Waals surface area contributed by atoms with Crippen molar-refractivity contribution in [2.75, 3.05) is 41.7 Å². The first-order chi connectivity index (χ1) is 15.4. The number of urea groups is 1. The lowest BCUT2D eigenvalue weighted by Gasteiger charge is -2.36. The van der Waals surface area contributed by atoms with E-state index in [9.17, 15) is 14.0 Å². The van der Waals surface area contributed by atoms with Crippen LogP contribution in [0.25, 0.3) is 0 Å². The third kappa shape index (κ3) is 5.05. The minimum absolute atomic E-state index is 0.0918. The van der Waals surface area contributed by atoms with Crippen LogP contribution < -0.4 is 15.5 Å². The number of carbonyl (C=O) groups is 2. The molecule has 3 amide bonds. The Labute approximate surface area is 189 Å². The van der Waals surface area contributed by atoms with Crippen molar-refractivity contribution in [1.29, 1.82) is 0 Å². The van der Waals surface area contributed by atoms with Gasteiger partial charge < -0.3 is 15.1 Å². The highest BCUT2D eigenvalue weighted by molar-refractivity contribution is 7.17. The molecule has 2 aromatic carbocycles. The molecule has 1 aromatic heterocycles. The number of rotatable bonds is 4. The van der Waals surface area contributed by atoms with Gasteiger partial charge in [0.05, 0.1) is 5.69 Å². The summed E-state index contributed by atoms with van der Waals surface area (Å²) in [4.78, 5) is 34.1. The van der Waals surface area contributed by atoms with Crippen LogP contribution in [-0.4, -0.2) is 48.0 Å². The first-order valence-corrected chi connectivity index (χ1v) is 11.1. The van der Waals surface area contributed by atoms with Gasteiger partial charge in [-0.05, 0) is 55.8 Å². The summed E-state index contributed by atoms with van der Waals surface area (Å²) in [6.07, 6.45) is 0. The lowest BCUT2D eigenvalue weighted by atomic mass is 10.2. The molecule has 32 heavy (non-hydrogen) atoms. The zero-order chi connectivity index (χ0) is 22.7. The normalized spacial score (nSPS) is 13.7. The van der Waals surface area contributed by atoms with Crippen LogP contribution in [0, 0.1) is 19.7 Å². The monoisotopic (exact) mass is 453 g/mol. The van der Waals surface area contributed by atoms with Crippen LogP contribution in [0.2, 0.25) is 0 Å². The fourth-order valence-corrected chi connectivity index (χ4v) is 4.52. The Kier molecular flexibility index (Phi) is 6.36. The molecule has 9 heteroatoms. The number of hydrogen-bond donors (Lipinski definition) is 2. The predicted molar refractivity (Wildman–Crippen MR) is 125 cm³/mol. The van der Waals surface area contributed by atoms with Crippen molar-refractivity contribution in [3.63, 3.8) is 0 Å². The number of benzene rings is 2. The second kappa shape index (κ2) is 9.35. The molecule has 1 saturated heterocycles.